The van der Waals surface area contributed by atoms with Crippen LogP contribution in [0.3, 0.4) is 0 Å². The lowest BCUT2D eigenvalue weighted by atomic mass is 10.2. The summed E-state index contributed by atoms with van der Waals surface area (Å²) in [6, 6.07) is 9.47. The summed E-state index contributed by atoms with van der Waals surface area (Å²) in [6.07, 6.45) is 0. The summed E-state index contributed by atoms with van der Waals surface area (Å²) in [5, 5.41) is 12.0. The molecule has 1 heterocycles. The topological polar surface area (TPSA) is 54.3 Å². The molecule has 0 aliphatic heterocycles. The third-order valence-corrected chi connectivity index (χ3v) is 3.61. The number of nitrogens with zero attached hydrogens (tertiary/aromatic N) is 1. The maximum absolute atomic E-state index is 12.4. The van der Waals surface area contributed by atoms with Gasteiger partial charge in [0.1, 0.15) is 0 Å². The normalized spacial score (nSPS) is 11.0. The summed E-state index contributed by atoms with van der Waals surface area (Å²) < 4.78 is 2.15. The minimum atomic E-state index is -0.120. The Bertz CT molecular complexity index is 657. The first kappa shape index (κ1) is 15.3. The Hall–Kier alpha value is -2.07. The highest BCUT2D eigenvalue weighted by molar-refractivity contribution is 6.05. The van der Waals surface area contributed by atoms with E-state index in [1.54, 1.807) is 6.07 Å². The molecular formula is C17H22N2O2. The van der Waals surface area contributed by atoms with Crippen molar-refractivity contribution in [3.8, 4) is 0 Å². The van der Waals surface area contributed by atoms with Crippen molar-refractivity contribution in [3.63, 3.8) is 0 Å². The van der Waals surface area contributed by atoms with Crippen LogP contribution in [0.15, 0.2) is 30.3 Å². The molecule has 1 aromatic heterocycles. The van der Waals surface area contributed by atoms with Crippen LogP contribution in [0.25, 0.3) is 0 Å². The van der Waals surface area contributed by atoms with Crippen LogP contribution < -0.4 is 5.32 Å². The van der Waals surface area contributed by atoms with E-state index in [0.29, 0.717) is 17.3 Å². The van der Waals surface area contributed by atoms with Crippen LogP contribution >= 0.6 is 0 Å². The van der Waals surface area contributed by atoms with Gasteiger partial charge in [0, 0.05) is 23.1 Å². The fourth-order valence-electron chi connectivity index (χ4n) is 2.75. The molecular weight excluding hydrogens is 264 g/mol. The summed E-state index contributed by atoms with van der Waals surface area (Å²) >= 11 is 0. The lowest BCUT2D eigenvalue weighted by molar-refractivity contribution is 0.102. The van der Waals surface area contributed by atoms with Crippen molar-refractivity contribution < 1.29 is 9.90 Å². The smallest absolute Gasteiger partial charge is 0.257 e. The van der Waals surface area contributed by atoms with Crippen molar-refractivity contribution in [2.75, 3.05) is 5.32 Å². The number of carbonyl (C=O) groups excluding carboxylic acids is 1. The fraction of sp³-hybridized carbons (Fsp3) is 0.353. The van der Waals surface area contributed by atoms with Crippen molar-refractivity contribution in [2.45, 2.75) is 40.3 Å². The van der Waals surface area contributed by atoms with Crippen molar-refractivity contribution in [1.29, 1.82) is 0 Å². The molecule has 1 aromatic carbocycles. The maximum Gasteiger partial charge on any atom is 0.257 e. The van der Waals surface area contributed by atoms with Gasteiger partial charge in [0.2, 0.25) is 0 Å². The molecule has 0 spiro atoms. The summed E-state index contributed by atoms with van der Waals surface area (Å²) in [7, 11) is 0. The Morgan fingerprint density at radius 1 is 1.29 bits per heavy atom. The molecule has 1 amide bonds. The Labute approximate surface area is 125 Å². The molecule has 0 unspecified atom stereocenters. The lowest BCUT2D eigenvalue weighted by Gasteiger charge is -2.13. The maximum atomic E-state index is 12.4. The van der Waals surface area contributed by atoms with E-state index < -0.39 is 0 Å². The van der Waals surface area contributed by atoms with E-state index in [-0.39, 0.29) is 12.5 Å². The standard InChI is InChI=1S/C17H22N2O2/c1-11(2)19-12(3)8-16(13(19)4)17(21)18-15-7-5-6-14(9-15)10-20/h5-9,11,20H,10H2,1-4H3,(H,18,21). The Morgan fingerprint density at radius 3 is 2.57 bits per heavy atom. The van der Waals surface area contributed by atoms with Gasteiger partial charge in [-0.3, -0.25) is 4.79 Å². The Morgan fingerprint density at radius 2 is 2.00 bits per heavy atom. The summed E-state index contributed by atoms with van der Waals surface area (Å²) in [6.45, 7) is 8.15. The van der Waals surface area contributed by atoms with Crippen LogP contribution in [0.4, 0.5) is 5.69 Å². The van der Waals surface area contributed by atoms with Crippen LogP contribution in [-0.4, -0.2) is 15.6 Å². The van der Waals surface area contributed by atoms with E-state index in [4.69, 9.17) is 5.11 Å². The number of nitrogens with one attached hydrogen (secondary N) is 1. The second-order valence-electron chi connectivity index (χ2n) is 5.56. The van der Waals surface area contributed by atoms with E-state index >= 15 is 0 Å². The highest BCUT2D eigenvalue weighted by atomic mass is 16.3. The quantitative estimate of drug-likeness (QED) is 0.904. The predicted octanol–water partition coefficient (Wildman–Crippen LogP) is 3.43. The van der Waals surface area contributed by atoms with Crippen LogP contribution in [-0.2, 0) is 6.61 Å². The molecule has 0 saturated carbocycles. The van der Waals surface area contributed by atoms with Gasteiger partial charge in [-0.05, 0) is 51.5 Å². The number of rotatable bonds is 4. The van der Waals surface area contributed by atoms with Gasteiger partial charge in [0.15, 0.2) is 0 Å². The summed E-state index contributed by atoms with van der Waals surface area (Å²) in [5.41, 5.74) is 4.21. The molecule has 4 nitrogen and oxygen atoms in total. The van der Waals surface area contributed by atoms with Crippen LogP contribution in [0.5, 0.6) is 0 Å². The molecule has 0 fully saturated rings. The van der Waals surface area contributed by atoms with Gasteiger partial charge in [-0.2, -0.15) is 0 Å². The Balaban J connectivity index is 2.26. The molecule has 2 N–H and O–H groups in total. The van der Waals surface area contributed by atoms with E-state index in [0.717, 1.165) is 17.0 Å². The van der Waals surface area contributed by atoms with Crippen molar-refractivity contribution in [1.82, 2.24) is 4.57 Å². The van der Waals surface area contributed by atoms with Crippen molar-refractivity contribution in [3.05, 3.63) is 52.8 Å². The first-order valence-electron chi connectivity index (χ1n) is 7.13. The Kier molecular flexibility index (Phi) is 4.48. The molecule has 0 bridgehead atoms. The average molecular weight is 286 g/mol. The van der Waals surface area contributed by atoms with Crippen LogP contribution in [0, 0.1) is 13.8 Å². The van der Waals surface area contributed by atoms with E-state index in [2.05, 4.69) is 23.7 Å². The fourth-order valence-corrected chi connectivity index (χ4v) is 2.75. The highest BCUT2D eigenvalue weighted by Crippen LogP contribution is 2.21. The third-order valence-electron chi connectivity index (χ3n) is 3.61. The second kappa shape index (κ2) is 6.14. The second-order valence-corrected chi connectivity index (χ2v) is 5.56. The number of anilines is 1. The number of aromatic nitrogens is 1. The van der Waals surface area contributed by atoms with Crippen molar-refractivity contribution in [2.24, 2.45) is 0 Å². The molecule has 0 atom stereocenters. The average Bonchev–Trinajstić information content (AvgIpc) is 2.74. The van der Waals surface area contributed by atoms with Crippen LogP contribution in [0.2, 0.25) is 0 Å². The minimum absolute atomic E-state index is 0.0361. The van der Waals surface area contributed by atoms with E-state index in [9.17, 15) is 4.79 Å². The number of aliphatic hydroxyl groups is 1. The third kappa shape index (κ3) is 3.16. The van der Waals surface area contributed by atoms with Gasteiger partial charge in [-0.25, -0.2) is 0 Å². The number of aryl methyl sites for hydroxylation is 1. The van der Waals surface area contributed by atoms with Crippen molar-refractivity contribution >= 4 is 11.6 Å². The predicted molar refractivity (Wildman–Crippen MR) is 84.6 cm³/mol. The molecule has 0 aliphatic rings. The first-order chi connectivity index (χ1) is 9.93. The summed E-state index contributed by atoms with van der Waals surface area (Å²) in [4.78, 5) is 12.4. The molecule has 0 radical (unpaired) electrons. The summed E-state index contributed by atoms with van der Waals surface area (Å²) in [5.74, 6) is -0.120. The number of benzene rings is 1. The zero-order valence-electron chi connectivity index (χ0n) is 13.0. The number of hydrogen-bond acceptors (Lipinski definition) is 2. The van der Waals surface area contributed by atoms with Crippen LogP contribution in [0.1, 0.15) is 47.2 Å². The van der Waals surface area contributed by atoms with Gasteiger partial charge in [0.25, 0.3) is 5.91 Å². The molecule has 4 heteroatoms. The highest BCUT2D eigenvalue weighted by Gasteiger charge is 2.17. The minimum Gasteiger partial charge on any atom is -0.392 e. The molecule has 0 saturated heterocycles. The first-order valence-corrected chi connectivity index (χ1v) is 7.13. The number of amides is 1. The molecule has 21 heavy (non-hydrogen) atoms. The lowest BCUT2D eigenvalue weighted by Crippen LogP contribution is -2.14. The van der Waals surface area contributed by atoms with Gasteiger partial charge >= 0.3 is 0 Å². The number of carbonyl (C=O) groups is 1. The van der Waals surface area contributed by atoms with Gasteiger partial charge < -0.3 is 15.0 Å². The van der Waals surface area contributed by atoms with E-state index in [1.807, 2.05) is 38.1 Å². The SMILES string of the molecule is Cc1cc(C(=O)Nc2cccc(CO)c2)c(C)n1C(C)C. The molecule has 0 aliphatic carbocycles. The van der Waals surface area contributed by atoms with Gasteiger partial charge in [-0.1, -0.05) is 12.1 Å². The van der Waals surface area contributed by atoms with Gasteiger partial charge in [-0.15, -0.1) is 0 Å². The monoisotopic (exact) mass is 286 g/mol. The molecule has 2 aromatic rings. The van der Waals surface area contributed by atoms with E-state index in [1.165, 1.54) is 0 Å². The zero-order valence-corrected chi connectivity index (χ0v) is 13.0. The molecule has 2 rings (SSSR count). The van der Waals surface area contributed by atoms with Gasteiger partial charge in [0.05, 0.1) is 12.2 Å². The number of aliphatic hydroxyl groups excluding tert-OH is 1. The largest absolute Gasteiger partial charge is 0.392 e. The zero-order chi connectivity index (χ0) is 15.6. The number of hydrogen-bond donors (Lipinski definition) is 2. The molecule has 112 valence electrons.